The molecule has 1 radical (unpaired) electrons. The summed E-state index contributed by atoms with van der Waals surface area (Å²) < 4.78 is 5.92. The van der Waals surface area contributed by atoms with E-state index in [2.05, 4.69) is 34.2 Å². The number of rotatable bonds is 6. The van der Waals surface area contributed by atoms with Crippen molar-refractivity contribution in [3.8, 4) is 0 Å². The van der Waals surface area contributed by atoms with Crippen molar-refractivity contribution in [2.45, 2.75) is 71.6 Å². The first-order valence-electron chi connectivity index (χ1n) is 5.47. The third-order valence-corrected chi connectivity index (χ3v) is 3.88. The van der Waals surface area contributed by atoms with Crippen LogP contribution in [-0.2, 0) is 4.43 Å². The van der Waals surface area contributed by atoms with Gasteiger partial charge in [-0.15, -0.1) is 0 Å². The molecule has 0 fully saturated rings. The van der Waals surface area contributed by atoms with Crippen molar-refractivity contribution < 1.29 is 4.43 Å². The van der Waals surface area contributed by atoms with Gasteiger partial charge >= 0.3 is 0 Å². The molecule has 0 heterocycles. The lowest BCUT2D eigenvalue weighted by molar-refractivity contribution is 0.129. The van der Waals surface area contributed by atoms with Crippen molar-refractivity contribution in [2.75, 3.05) is 0 Å². The summed E-state index contributed by atoms with van der Waals surface area (Å²) in [6, 6.07) is 1.31. The first-order chi connectivity index (χ1) is 5.95. The van der Waals surface area contributed by atoms with E-state index in [0.717, 1.165) is 0 Å². The molecule has 1 nitrogen and oxygen atoms in total. The molecule has 0 spiro atoms. The Kier molecular flexibility index (Phi) is 6.69. The zero-order valence-electron chi connectivity index (χ0n) is 9.94. The molecule has 0 aromatic rings. The van der Waals surface area contributed by atoms with Crippen LogP contribution < -0.4 is 0 Å². The minimum absolute atomic E-state index is 0.0633. The molecule has 0 unspecified atom stereocenters. The Bertz CT molecular complexity index is 118. The van der Waals surface area contributed by atoms with Crippen molar-refractivity contribution in [2.24, 2.45) is 0 Å². The van der Waals surface area contributed by atoms with Gasteiger partial charge in [0.05, 0.1) is 0 Å². The van der Waals surface area contributed by atoms with E-state index in [1.165, 1.54) is 31.7 Å². The summed E-state index contributed by atoms with van der Waals surface area (Å²) in [5, 5.41) is 0. The van der Waals surface area contributed by atoms with Gasteiger partial charge in [-0.1, -0.05) is 32.6 Å². The van der Waals surface area contributed by atoms with Gasteiger partial charge in [-0.25, -0.2) is 0 Å². The topological polar surface area (TPSA) is 9.23 Å². The van der Waals surface area contributed by atoms with Crippen LogP contribution in [0.4, 0.5) is 0 Å². The van der Waals surface area contributed by atoms with Crippen LogP contribution in [0, 0.1) is 0 Å². The highest BCUT2D eigenvalue weighted by Gasteiger charge is 2.16. The first kappa shape index (κ1) is 13.2. The Morgan fingerprint density at radius 3 is 2.15 bits per heavy atom. The van der Waals surface area contributed by atoms with Gasteiger partial charge in [-0.3, -0.25) is 0 Å². The molecular formula is C11H25OSi. The van der Waals surface area contributed by atoms with Gasteiger partial charge in [0.1, 0.15) is 0 Å². The van der Waals surface area contributed by atoms with E-state index in [-0.39, 0.29) is 5.60 Å². The van der Waals surface area contributed by atoms with Crippen molar-refractivity contribution >= 4 is 9.04 Å². The third-order valence-electron chi connectivity index (χ3n) is 1.86. The summed E-state index contributed by atoms with van der Waals surface area (Å²) in [7, 11) is -0.528. The molecule has 0 amide bonds. The monoisotopic (exact) mass is 201 g/mol. The van der Waals surface area contributed by atoms with Gasteiger partial charge in [0.15, 0.2) is 0 Å². The highest BCUT2D eigenvalue weighted by molar-refractivity contribution is 6.50. The van der Waals surface area contributed by atoms with Gasteiger partial charge in [0.2, 0.25) is 9.04 Å². The summed E-state index contributed by atoms with van der Waals surface area (Å²) in [6.07, 6.45) is 5.44. The van der Waals surface area contributed by atoms with Crippen LogP contribution >= 0.6 is 0 Å². The summed E-state index contributed by atoms with van der Waals surface area (Å²) in [5.41, 5.74) is 0.0633. The number of hydrogen-bond acceptors (Lipinski definition) is 1. The molecule has 0 aromatic carbocycles. The van der Waals surface area contributed by atoms with E-state index in [1.807, 2.05) is 0 Å². The minimum Gasteiger partial charge on any atom is -0.412 e. The summed E-state index contributed by atoms with van der Waals surface area (Å²) in [4.78, 5) is 0. The van der Waals surface area contributed by atoms with Crippen LogP contribution in [0.1, 0.15) is 53.4 Å². The summed E-state index contributed by atoms with van der Waals surface area (Å²) in [6.45, 7) is 11.0. The van der Waals surface area contributed by atoms with Crippen molar-refractivity contribution in [3.63, 3.8) is 0 Å². The average Bonchev–Trinajstić information content (AvgIpc) is 1.94. The van der Waals surface area contributed by atoms with Gasteiger partial charge < -0.3 is 4.43 Å². The maximum absolute atomic E-state index is 5.92. The fraction of sp³-hybridized carbons (Fsp3) is 1.00. The predicted molar refractivity (Wildman–Crippen MR) is 61.4 cm³/mol. The molecule has 0 bridgehead atoms. The first-order valence-corrected chi connectivity index (χ1v) is 7.58. The Morgan fingerprint density at radius 1 is 1.08 bits per heavy atom. The van der Waals surface area contributed by atoms with Crippen LogP contribution in [0.5, 0.6) is 0 Å². The average molecular weight is 201 g/mol. The quantitative estimate of drug-likeness (QED) is 0.466. The molecule has 0 saturated carbocycles. The fourth-order valence-electron chi connectivity index (χ4n) is 1.37. The second-order valence-corrected chi connectivity index (χ2v) is 6.84. The molecule has 0 aliphatic heterocycles. The molecule has 13 heavy (non-hydrogen) atoms. The molecule has 0 atom stereocenters. The third kappa shape index (κ3) is 10.1. The minimum atomic E-state index is -0.528. The second-order valence-electron chi connectivity index (χ2n) is 4.73. The van der Waals surface area contributed by atoms with Crippen LogP contribution in [-0.4, -0.2) is 14.6 Å². The molecule has 2 heteroatoms. The standard InChI is InChI=1S/C11H25OSi/c1-6-7-8-9-10-13(5)12-11(2,3)4/h6-10H2,1-5H3. The lowest BCUT2D eigenvalue weighted by Crippen LogP contribution is -2.28. The molecule has 0 N–H and O–H groups in total. The SMILES string of the molecule is CCCCCC[Si](C)OC(C)(C)C. The van der Waals surface area contributed by atoms with Gasteiger partial charge in [0.25, 0.3) is 0 Å². The molecule has 0 rings (SSSR count). The maximum Gasteiger partial charge on any atom is 0.208 e. The summed E-state index contributed by atoms with van der Waals surface area (Å²) >= 11 is 0. The van der Waals surface area contributed by atoms with Crippen LogP contribution in [0.2, 0.25) is 12.6 Å². The zero-order valence-corrected chi connectivity index (χ0v) is 10.9. The molecule has 0 saturated heterocycles. The van der Waals surface area contributed by atoms with Gasteiger partial charge in [0, 0.05) is 5.60 Å². The zero-order chi connectivity index (χ0) is 10.3. The molecular weight excluding hydrogens is 176 g/mol. The Hall–Kier alpha value is 0.177. The highest BCUT2D eigenvalue weighted by Crippen LogP contribution is 2.13. The Balaban J connectivity index is 3.35. The second kappa shape index (κ2) is 6.60. The Labute approximate surface area is 85.6 Å². The van der Waals surface area contributed by atoms with E-state index in [1.54, 1.807) is 0 Å². The van der Waals surface area contributed by atoms with Crippen molar-refractivity contribution in [1.29, 1.82) is 0 Å². The van der Waals surface area contributed by atoms with E-state index in [4.69, 9.17) is 4.43 Å². The van der Waals surface area contributed by atoms with Crippen LogP contribution in [0.25, 0.3) is 0 Å². The van der Waals surface area contributed by atoms with E-state index in [0.29, 0.717) is 0 Å². The van der Waals surface area contributed by atoms with Crippen molar-refractivity contribution in [3.05, 3.63) is 0 Å². The van der Waals surface area contributed by atoms with Crippen LogP contribution in [0.3, 0.4) is 0 Å². The maximum atomic E-state index is 5.92. The molecule has 0 aromatic heterocycles. The van der Waals surface area contributed by atoms with Gasteiger partial charge in [-0.05, 0) is 33.4 Å². The van der Waals surface area contributed by atoms with E-state index < -0.39 is 9.04 Å². The normalized spacial score (nSPS) is 12.5. The number of unbranched alkanes of at least 4 members (excludes halogenated alkanes) is 3. The van der Waals surface area contributed by atoms with E-state index >= 15 is 0 Å². The largest absolute Gasteiger partial charge is 0.412 e. The van der Waals surface area contributed by atoms with Crippen LogP contribution in [0.15, 0.2) is 0 Å². The smallest absolute Gasteiger partial charge is 0.208 e. The summed E-state index contributed by atoms with van der Waals surface area (Å²) in [5.74, 6) is 0. The van der Waals surface area contributed by atoms with Gasteiger partial charge in [-0.2, -0.15) is 0 Å². The predicted octanol–water partition coefficient (Wildman–Crippen LogP) is 4.00. The molecule has 79 valence electrons. The molecule has 0 aliphatic rings. The van der Waals surface area contributed by atoms with Crippen molar-refractivity contribution in [1.82, 2.24) is 0 Å². The lowest BCUT2D eigenvalue weighted by atomic mass is 10.2. The van der Waals surface area contributed by atoms with E-state index in [9.17, 15) is 0 Å². The fourth-order valence-corrected chi connectivity index (χ4v) is 3.27. The number of hydrogen-bond donors (Lipinski definition) is 0. The lowest BCUT2D eigenvalue weighted by Gasteiger charge is -2.24. The Morgan fingerprint density at radius 2 is 1.69 bits per heavy atom. The highest BCUT2D eigenvalue weighted by atomic mass is 28.3. The molecule has 0 aliphatic carbocycles.